The fourth-order valence-electron chi connectivity index (χ4n) is 2.52. The van der Waals surface area contributed by atoms with Gasteiger partial charge in [0.05, 0.1) is 18.3 Å². The Kier molecular flexibility index (Phi) is 4.15. The lowest BCUT2D eigenvalue weighted by Gasteiger charge is -2.29. The monoisotopic (exact) mass is 291 g/mol. The molecule has 0 amide bonds. The molecule has 1 aliphatic heterocycles. The maximum absolute atomic E-state index is 13.0. The number of amidine groups is 1. The van der Waals surface area contributed by atoms with Crippen molar-refractivity contribution in [2.45, 2.75) is 31.6 Å². The van der Waals surface area contributed by atoms with E-state index < -0.39 is 18.1 Å². The summed E-state index contributed by atoms with van der Waals surface area (Å²) in [4.78, 5) is 2.52. The van der Waals surface area contributed by atoms with Crippen molar-refractivity contribution in [3.05, 3.63) is 22.4 Å². The number of nitrogens with one attached hydrogen (secondary N) is 1. The summed E-state index contributed by atoms with van der Waals surface area (Å²) in [5, 5.41) is 9.70. The van der Waals surface area contributed by atoms with Crippen molar-refractivity contribution in [1.29, 1.82) is 5.41 Å². The molecular weight excluding hydrogens is 275 g/mol. The van der Waals surface area contributed by atoms with E-state index in [1.807, 2.05) is 17.5 Å². The van der Waals surface area contributed by atoms with E-state index in [1.54, 1.807) is 4.90 Å². The molecule has 2 rings (SSSR count). The maximum Gasteiger partial charge on any atom is 0.394 e. The highest BCUT2D eigenvalue weighted by Gasteiger charge is 2.51. The molecule has 0 saturated carbocycles. The van der Waals surface area contributed by atoms with Crippen LogP contribution in [0.2, 0.25) is 0 Å². The molecule has 0 bridgehead atoms. The van der Waals surface area contributed by atoms with Gasteiger partial charge in [-0.05, 0) is 24.4 Å². The Bertz CT molecular complexity index is 430. The molecule has 1 aromatic rings. The highest BCUT2D eigenvalue weighted by Crippen LogP contribution is 2.40. The molecular formula is C12H16F3N3S. The topological polar surface area (TPSA) is 53.1 Å². The fourth-order valence-corrected chi connectivity index (χ4v) is 3.23. The van der Waals surface area contributed by atoms with Crippen LogP contribution in [0.25, 0.3) is 0 Å². The van der Waals surface area contributed by atoms with Crippen LogP contribution in [0, 0.1) is 11.3 Å². The van der Waals surface area contributed by atoms with Gasteiger partial charge in [0.25, 0.3) is 0 Å². The van der Waals surface area contributed by atoms with Crippen molar-refractivity contribution >= 4 is 17.2 Å². The largest absolute Gasteiger partial charge is 0.394 e. The van der Waals surface area contributed by atoms with Gasteiger partial charge in [-0.1, -0.05) is 6.07 Å². The predicted octanol–water partition coefficient (Wildman–Crippen LogP) is 2.83. The normalized spacial score (nSPS) is 24.2. The van der Waals surface area contributed by atoms with E-state index in [0.29, 0.717) is 6.54 Å². The van der Waals surface area contributed by atoms with E-state index in [0.717, 1.165) is 4.88 Å². The molecule has 3 N–H and O–H groups in total. The number of rotatable bonds is 4. The number of nitrogens with zero attached hydrogens (tertiary/aromatic N) is 1. The van der Waals surface area contributed by atoms with Crippen molar-refractivity contribution in [3.8, 4) is 0 Å². The average molecular weight is 291 g/mol. The lowest BCUT2D eigenvalue weighted by molar-refractivity contribution is -0.180. The zero-order valence-electron chi connectivity index (χ0n) is 10.3. The molecule has 1 fully saturated rings. The van der Waals surface area contributed by atoms with Crippen LogP contribution in [0.5, 0.6) is 0 Å². The first-order chi connectivity index (χ1) is 8.93. The minimum Gasteiger partial charge on any atom is -0.352 e. The summed E-state index contributed by atoms with van der Waals surface area (Å²) in [6.07, 6.45) is -4.24. The van der Waals surface area contributed by atoms with E-state index in [9.17, 15) is 13.2 Å². The number of likely N-dealkylation sites (tertiary alicyclic amines) is 1. The Morgan fingerprint density at radius 2 is 2.21 bits per heavy atom. The average Bonchev–Trinajstić information content (AvgIpc) is 2.91. The molecule has 19 heavy (non-hydrogen) atoms. The maximum atomic E-state index is 13.0. The lowest BCUT2D eigenvalue weighted by atomic mass is 9.97. The molecule has 2 unspecified atom stereocenters. The quantitative estimate of drug-likeness (QED) is 0.896. The van der Waals surface area contributed by atoms with Crippen LogP contribution in [0.15, 0.2) is 17.5 Å². The predicted molar refractivity (Wildman–Crippen MR) is 69.2 cm³/mol. The molecule has 2 heterocycles. The number of halogens is 3. The lowest BCUT2D eigenvalue weighted by Crippen LogP contribution is -2.40. The van der Waals surface area contributed by atoms with Gasteiger partial charge in [-0.15, -0.1) is 11.3 Å². The molecule has 0 spiro atoms. The molecule has 0 radical (unpaired) electrons. The van der Waals surface area contributed by atoms with Crippen molar-refractivity contribution in [3.63, 3.8) is 0 Å². The second-order valence-electron chi connectivity index (χ2n) is 4.65. The summed E-state index contributed by atoms with van der Waals surface area (Å²) in [7, 11) is 0. The third-order valence-corrected chi connectivity index (χ3v) is 4.28. The minimum atomic E-state index is -4.27. The van der Waals surface area contributed by atoms with E-state index in [1.165, 1.54) is 11.3 Å². The number of alkyl halides is 3. The van der Waals surface area contributed by atoms with Crippen LogP contribution in [-0.4, -0.2) is 29.5 Å². The van der Waals surface area contributed by atoms with Crippen LogP contribution in [0.1, 0.15) is 17.7 Å². The molecule has 7 heteroatoms. The van der Waals surface area contributed by atoms with Gasteiger partial charge in [0.2, 0.25) is 0 Å². The summed E-state index contributed by atoms with van der Waals surface area (Å²) in [6.45, 7) is 0.569. The Morgan fingerprint density at radius 1 is 1.47 bits per heavy atom. The fraction of sp³-hybridized carbons (Fsp3) is 0.583. The summed E-state index contributed by atoms with van der Waals surface area (Å²) < 4.78 is 39.0. The van der Waals surface area contributed by atoms with Gasteiger partial charge in [0, 0.05) is 17.3 Å². The van der Waals surface area contributed by atoms with E-state index in [4.69, 9.17) is 11.1 Å². The van der Waals surface area contributed by atoms with Crippen molar-refractivity contribution in [2.24, 2.45) is 11.7 Å². The van der Waals surface area contributed by atoms with Gasteiger partial charge < -0.3 is 10.6 Å². The van der Waals surface area contributed by atoms with Gasteiger partial charge in [0.1, 0.15) is 0 Å². The molecule has 0 aliphatic carbocycles. The molecule has 106 valence electrons. The number of hydrogen-bond donors (Lipinski definition) is 2. The first kappa shape index (κ1) is 14.3. The van der Waals surface area contributed by atoms with Crippen LogP contribution in [0.3, 0.4) is 0 Å². The zero-order valence-corrected chi connectivity index (χ0v) is 11.1. The first-order valence-electron chi connectivity index (χ1n) is 6.06. The van der Waals surface area contributed by atoms with E-state index in [-0.39, 0.29) is 25.2 Å². The van der Waals surface area contributed by atoms with E-state index in [2.05, 4.69) is 0 Å². The first-order valence-corrected chi connectivity index (χ1v) is 6.94. The minimum absolute atomic E-state index is 0.0641. The molecule has 2 atom stereocenters. The second kappa shape index (κ2) is 5.50. The van der Waals surface area contributed by atoms with Crippen molar-refractivity contribution in [1.82, 2.24) is 4.90 Å². The van der Waals surface area contributed by atoms with Gasteiger partial charge in [-0.25, -0.2) is 0 Å². The summed E-state index contributed by atoms with van der Waals surface area (Å²) in [5.74, 6) is -1.40. The molecule has 1 aliphatic rings. The molecule has 1 saturated heterocycles. The van der Waals surface area contributed by atoms with Crippen LogP contribution in [-0.2, 0) is 6.54 Å². The Morgan fingerprint density at radius 3 is 2.74 bits per heavy atom. The van der Waals surface area contributed by atoms with Crippen molar-refractivity contribution < 1.29 is 13.2 Å². The number of thiophene rings is 1. The summed E-state index contributed by atoms with van der Waals surface area (Å²) in [6, 6.07) is 3.02. The Labute approximate surface area is 113 Å². The third kappa shape index (κ3) is 3.09. The molecule has 1 aromatic heterocycles. The second-order valence-corrected chi connectivity index (χ2v) is 5.68. The van der Waals surface area contributed by atoms with Gasteiger partial charge in [0.15, 0.2) is 0 Å². The van der Waals surface area contributed by atoms with Crippen molar-refractivity contribution in [2.75, 3.05) is 6.54 Å². The van der Waals surface area contributed by atoms with Crippen LogP contribution < -0.4 is 5.73 Å². The molecule has 3 nitrogen and oxygen atoms in total. The van der Waals surface area contributed by atoms with E-state index >= 15 is 0 Å². The Hall–Kier alpha value is -1.08. The van der Waals surface area contributed by atoms with Gasteiger partial charge >= 0.3 is 6.18 Å². The highest BCUT2D eigenvalue weighted by atomic mass is 32.1. The third-order valence-electron chi connectivity index (χ3n) is 3.41. The van der Waals surface area contributed by atoms with Gasteiger partial charge in [-0.3, -0.25) is 5.41 Å². The SMILES string of the molecule is N=C1CC(C(F)(F)F)C(CCN)N1Cc1cccs1. The summed E-state index contributed by atoms with van der Waals surface area (Å²) in [5.41, 5.74) is 5.43. The Balaban J connectivity index is 2.18. The summed E-state index contributed by atoms with van der Waals surface area (Å²) >= 11 is 1.49. The van der Waals surface area contributed by atoms with Crippen LogP contribution >= 0.6 is 11.3 Å². The number of nitrogens with two attached hydrogens (primary N) is 1. The zero-order chi connectivity index (χ0) is 14.0. The standard InChI is InChI=1S/C12H16F3N3S/c13-12(14,15)9-6-11(17)18(10(9)3-4-16)7-8-2-1-5-19-8/h1-2,5,9-10,17H,3-4,6-7,16H2. The molecule has 0 aromatic carbocycles. The smallest absolute Gasteiger partial charge is 0.352 e. The van der Waals surface area contributed by atoms with Crippen LogP contribution in [0.4, 0.5) is 13.2 Å². The van der Waals surface area contributed by atoms with Gasteiger partial charge in [-0.2, -0.15) is 13.2 Å². The number of hydrogen-bond acceptors (Lipinski definition) is 3. The highest BCUT2D eigenvalue weighted by molar-refractivity contribution is 7.09.